The Morgan fingerprint density at radius 1 is 1.48 bits per heavy atom. The predicted octanol–water partition coefficient (Wildman–Crippen LogP) is 2.12. The molecule has 0 aromatic carbocycles. The van der Waals surface area contributed by atoms with E-state index < -0.39 is 11.4 Å². The molecule has 6 heteroatoms. The average molecular weight is 294 g/mol. The number of amides is 1. The third-order valence-electron chi connectivity index (χ3n) is 4.60. The molecule has 1 aromatic rings. The summed E-state index contributed by atoms with van der Waals surface area (Å²) in [5.41, 5.74) is 0.268. The van der Waals surface area contributed by atoms with Crippen molar-refractivity contribution in [1.29, 1.82) is 0 Å². The number of aliphatic carboxylic acids is 1. The molecule has 0 aliphatic carbocycles. The number of hydrogen-bond donors (Lipinski definition) is 1. The predicted molar refractivity (Wildman–Crippen MR) is 76.0 cm³/mol. The first kappa shape index (κ1) is 15.5. The van der Waals surface area contributed by atoms with Crippen molar-refractivity contribution < 1.29 is 19.2 Å². The van der Waals surface area contributed by atoms with Crippen LogP contribution in [0.3, 0.4) is 0 Å². The zero-order valence-electron chi connectivity index (χ0n) is 13.0. The maximum atomic E-state index is 12.7. The van der Waals surface area contributed by atoms with E-state index in [2.05, 4.69) is 5.16 Å². The molecular formula is C15H22N2O4. The summed E-state index contributed by atoms with van der Waals surface area (Å²) in [6.07, 6.45) is 1.10. The number of aryl methyl sites for hydroxylation is 2. The molecule has 1 aromatic heterocycles. The van der Waals surface area contributed by atoms with E-state index in [-0.39, 0.29) is 18.4 Å². The van der Waals surface area contributed by atoms with Crippen LogP contribution in [0.25, 0.3) is 0 Å². The first-order chi connectivity index (χ1) is 9.83. The van der Waals surface area contributed by atoms with Gasteiger partial charge in [0.1, 0.15) is 11.3 Å². The lowest BCUT2D eigenvalue weighted by Crippen LogP contribution is -2.40. The second kappa shape index (κ2) is 5.50. The fourth-order valence-corrected chi connectivity index (χ4v) is 2.99. The van der Waals surface area contributed by atoms with Crippen LogP contribution in [0.2, 0.25) is 0 Å². The number of carbonyl (C=O) groups is 2. The molecule has 1 N–H and O–H groups in total. The van der Waals surface area contributed by atoms with Gasteiger partial charge in [0.15, 0.2) is 0 Å². The molecule has 6 nitrogen and oxygen atoms in total. The number of carboxylic acids is 1. The van der Waals surface area contributed by atoms with E-state index in [0.717, 1.165) is 0 Å². The van der Waals surface area contributed by atoms with Gasteiger partial charge in [0, 0.05) is 13.1 Å². The first-order valence-corrected chi connectivity index (χ1v) is 7.31. The van der Waals surface area contributed by atoms with Crippen molar-refractivity contribution >= 4 is 11.9 Å². The van der Waals surface area contributed by atoms with Crippen LogP contribution in [0.5, 0.6) is 0 Å². The number of carboxylic acid groups (broad SMARTS) is 1. The summed E-state index contributed by atoms with van der Waals surface area (Å²) in [7, 11) is 0. The van der Waals surface area contributed by atoms with Gasteiger partial charge < -0.3 is 14.5 Å². The van der Waals surface area contributed by atoms with Crippen LogP contribution in [0.15, 0.2) is 4.52 Å². The number of hydrogen-bond acceptors (Lipinski definition) is 4. The Morgan fingerprint density at radius 3 is 2.62 bits per heavy atom. The second-order valence-corrected chi connectivity index (χ2v) is 6.01. The maximum Gasteiger partial charge on any atom is 0.311 e. The van der Waals surface area contributed by atoms with E-state index in [9.17, 15) is 14.7 Å². The molecule has 1 aliphatic heterocycles. The molecule has 1 unspecified atom stereocenters. The molecule has 0 saturated carbocycles. The lowest BCUT2D eigenvalue weighted by molar-refractivity contribution is -0.150. The Balaban J connectivity index is 2.27. The van der Waals surface area contributed by atoms with Gasteiger partial charge in [-0.05, 0) is 25.7 Å². The molecule has 1 fully saturated rings. The summed E-state index contributed by atoms with van der Waals surface area (Å²) < 4.78 is 5.10. The molecule has 21 heavy (non-hydrogen) atoms. The number of nitrogens with zero attached hydrogens (tertiary/aromatic N) is 2. The summed E-state index contributed by atoms with van der Waals surface area (Å²) >= 11 is 0. The van der Waals surface area contributed by atoms with Crippen LogP contribution in [0.1, 0.15) is 49.0 Å². The molecule has 0 bridgehead atoms. The van der Waals surface area contributed by atoms with Crippen LogP contribution < -0.4 is 0 Å². The third kappa shape index (κ3) is 2.43. The van der Waals surface area contributed by atoms with E-state index >= 15 is 0 Å². The zero-order valence-corrected chi connectivity index (χ0v) is 13.0. The minimum absolute atomic E-state index is 0.0259. The highest BCUT2D eigenvalue weighted by Crippen LogP contribution is 2.39. The molecule has 116 valence electrons. The van der Waals surface area contributed by atoms with Crippen molar-refractivity contribution in [1.82, 2.24) is 10.1 Å². The minimum Gasteiger partial charge on any atom is -0.481 e. The van der Waals surface area contributed by atoms with Gasteiger partial charge in [-0.15, -0.1) is 0 Å². The smallest absolute Gasteiger partial charge is 0.311 e. The van der Waals surface area contributed by atoms with Crippen LogP contribution >= 0.6 is 0 Å². The Hall–Kier alpha value is -1.85. The number of carbonyl (C=O) groups excluding carboxylic acids is 1. The molecule has 0 spiro atoms. The van der Waals surface area contributed by atoms with E-state index in [1.54, 1.807) is 11.8 Å². The van der Waals surface area contributed by atoms with Crippen LogP contribution in [0, 0.1) is 18.3 Å². The molecule has 1 aliphatic rings. The van der Waals surface area contributed by atoms with Crippen molar-refractivity contribution in [2.24, 2.45) is 11.3 Å². The Kier molecular flexibility index (Phi) is 4.07. The van der Waals surface area contributed by atoms with Gasteiger partial charge in [0.2, 0.25) is 0 Å². The van der Waals surface area contributed by atoms with Crippen molar-refractivity contribution in [3.63, 3.8) is 0 Å². The SMILES string of the molecule is CCc1noc(C)c1C(=O)N1CCC(C(=O)O)(C(C)C)C1. The van der Waals surface area contributed by atoms with Gasteiger partial charge in [-0.25, -0.2) is 0 Å². The summed E-state index contributed by atoms with van der Waals surface area (Å²) in [5, 5.41) is 13.4. The van der Waals surface area contributed by atoms with E-state index in [1.165, 1.54) is 0 Å². The van der Waals surface area contributed by atoms with Crippen LogP contribution in [-0.2, 0) is 11.2 Å². The third-order valence-corrected chi connectivity index (χ3v) is 4.60. The van der Waals surface area contributed by atoms with Crippen LogP contribution in [-0.4, -0.2) is 40.1 Å². The zero-order chi connectivity index (χ0) is 15.8. The first-order valence-electron chi connectivity index (χ1n) is 7.31. The Morgan fingerprint density at radius 2 is 2.14 bits per heavy atom. The van der Waals surface area contributed by atoms with Gasteiger partial charge in [-0.1, -0.05) is 25.9 Å². The minimum atomic E-state index is -0.854. The highest BCUT2D eigenvalue weighted by Gasteiger charge is 2.49. The second-order valence-electron chi connectivity index (χ2n) is 6.01. The standard InChI is InChI=1S/C15H22N2O4/c1-5-11-12(10(4)21-16-11)13(18)17-7-6-15(8-17,9(2)3)14(19)20/h9H,5-8H2,1-4H3,(H,19,20). The number of aromatic nitrogens is 1. The molecule has 1 amide bonds. The average Bonchev–Trinajstić information content (AvgIpc) is 3.02. The van der Waals surface area contributed by atoms with E-state index in [0.29, 0.717) is 36.4 Å². The lowest BCUT2D eigenvalue weighted by atomic mass is 9.76. The fraction of sp³-hybridized carbons (Fsp3) is 0.667. The number of rotatable bonds is 4. The van der Waals surface area contributed by atoms with Crippen molar-refractivity contribution in [2.45, 2.75) is 40.5 Å². The summed E-state index contributed by atoms with van der Waals surface area (Å²) in [4.78, 5) is 25.9. The summed E-state index contributed by atoms with van der Waals surface area (Å²) in [6, 6.07) is 0. The molecule has 2 heterocycles. The van der Waals surface area contributed by atoms with Crippen molar-refractivity contribution in [2.75, 3.05) is 13.1 Å². The van der Waals surface area contributed by atoms with Crippen molar-refractivity contribution in [3.05, 3.63) is 17.0 Å². The van der Waals surface area contributed by atoms with Crippen molar-refractivity contribution in [3.8, 4) is 0 Å². The molecular weight excluding hydrogens is 272 g/mol. The monoisotopic (exact) mass is 294 g/mol. The van der Waals surface area contributed by atoms with Crippen LogP contribution in [0.4, 0.5) is 0 Å². The van der Waals surface area contributed by atoms with Gasteiger partial charge in [0.25, 0.3) is 5.91 Å². The fourth-order valence-electron chi connectivity index (χ4n) is 2.99. The van der Waals surface area contributed by atoms with Gasteiger partial charge in [-0.2, -0.15) is 0 Å². The van der Waals surface area contributed by atoms with Gasteiger partial charge in [0.05, 0.1) is 11.1 Å². The highest BCUT2D eigenvalue weighted by molar-refractivity contribution is 5.97. The quantitative estimate of drug-likeness (QED) is 0.919. The molecule has 2 rings (SSSR count). The highest BCUT2D eigenvalue weighted by atomic mass is 16.5. The normalized spacial score (nSPS) is 22.0. The largest absolute Gasteiger partial charge is 0.481 e. The molecule has 0 radical (unpaired) electrons. The number of likely N-dealkylation sites (tertiary alicyclic amines) is 1. The molecule has 1 atom stereocenters. The van der Waals surface area contributed by atoms with Gasteiger partial charge >= 0.3 is 5.97 Å². The van der Waals surface area contributed by atoms with Gasteiger partial charge in [-0.3, -0.25) is 9.59 Å². The maximum absolute atomic E-state index is 12.7. The Bertz CT molecular complexity index is 564. The summed E-state index contributed by atoms with van der Waals surface area (Å²) in [6.45, 7) is 8.11. The van der Waals surface area contributed by atoms with E-state index in [1.807, 2.05) is 20.8 Å². The topological polar surface area (TPSA) is 83.6 Å². The van der Waals surface area contributed by atoms with E-state index in [4.69, 9.17) is 4.52 Å². The Labute approximate surface area is 124 Å². The molecule has 1 saturated heterocycles. The lowest BCUT2D eigenvalue weighted by Gasteiger charge is -2.28. The summed E-state index contributed by atoms with van der Waals surface area (Å²) in [5.74, 6) is -0.531.